The Balaban J connectivity index is 1.74. The lowest BCUT2D eigenvalue weighted by Crippen LogP contribution is -2.11. The van der Waals surface area contributed by atoms with Crippen LogP contribution in [0.25, 0.3) is 10.9 Å². The van der Waals surface area contributed by atoms with Crippen LogP contribution in [-0.2, 0) is 0 Å². The fourth-order valence-electron chi connectivity index (χ4n) is 1.89. The van der Waals surface area contributed by atoms with Gasteiger partial charge in [-0.15, -0.1) is 11.3 Å². The smallest absolute Gasteiger partial charge is 0.202 e. The molecule has 0 N–H and O–H groups in total. The summed E-state index contributed by atoms with van der Waals surface area (Å²) in [6.07, 6.45) is 1.71. The van der Waals surface area contributed by atoms with Gasteiger partial charge in [-0.05, 0) is 24.3 Å². The monoisotopic (exact) mass is 337 g/mol. The van der Waals surface area contributed by atoms with Crippen LogP contribution in [0.5, 0.6) is 5.75 Å². The fraction of sp³-hybridized carbons (Fsp3) is 0.0667. The molecule has 0 atom stereocenters. The van der Waals surface area contributed by atoms with E-state index >= 15 is 0 Å². The van der Waals surface area contributed by atoms with Gasteiger partial charge in [0, 0.05) is 17.6 Å². The first-order chi connectivity index (χ1) is 10.1. The average Bonchev–Trinajstić information content (AvgIpc) is 2.83. The van der Waals surface area contributed by atoms with E-state index in [-0.39, 0.29) is 12.4 Å². The van der Waals surface area contributed by atoms with E-state index in [0.29, 0.717) is 20.0 Å². The molecule has 0 aliphatic rings. The van der Waals surface area contributed by atoms with Crippen molar-refractivity contribution >= 4 is 51.2 Å². The molecule has 1 aromatic carbocycles. The van der Waals surface area contributed by atoms with Crippen LogP contribution >= 0.6 is 34.5 Å². The third kappa shape index (κ3) is 3.18. The number of thiophene rings is 1. The summed E-state index contributed by atoms with van der Waals surface area (Å²) in [5.74, 6) is 0.385. The summed E-state index contributed by atoms with van der Waals surface area (Å²) < 4.78 is 6.38. The van der Waals surface area contributed by atoms with Gasteiger partial charge in [-0.1, -0.05) is 29.3 Å². The molecule has 0 spiro atoms. The molecule has 106 valence electrons. The number of rotatable bonds is 4. The maximum atomic E-state index is 12.0. The third-order valence-electron chi connectivity index (χ3n) is 2.90. The summed E-state index contributed by atoms with van der Waals surface area (Å²) in [5.41, 5.74) is 1.21. The maximum absolute atomic E-state index is 12.0. The van der Waals surface area contributed by atoms with Crippen LogP contribution in [-0.4, -0.2) is 17.4 Å². The Bertz CT molecular complexity index is 816. The standard InChI is InChI=1S/C15H9Cl2NO2S/c16-14-7-11(15(17)21-14)13(19)8-20-10-4-3-9-2-1-5-18-12(9)6-10/h1-7H,8H2. The number of fused-ring (bicyclic) bond motifs is 1. The highest BCUT2D eigenvalue weighted by molar-refractivity contribution is 7.20. The van der Waals surface area contributed by atoms with E-state index in [2.05, 4.69) is 4.98 Å². The van der Waals surface area contributed by atoms with Gasteiger partial charge in [0.05, 0.1) is 15.4 Å². The summed E-state index contributed by atoms with van der Waals surface area (Å²) >= 11 is 12.9. The zero-order valence-electron chi connectivity index (χ0n) is 10.7. The van der Waals surface area contributed by atoms with Crippen molar-refractivity contribution in [2.24, 2.45) is 0 Å². The minimum absolute atomic E-state index is 0.0921. The quantitative estimate of drug-likeness (QED) is 0.638. The second-order valence-electron chi connectivity index (χ2n) is 4.31. The number of aromatic nitrogens is 1. The van der Waals surface area contributed by atoms with Crippen molar-refractivity contribution in [1.29, 1.82) is 0 Å². The van der Waals surface area contributed by atoms with E-state index in [4.69, 9.17) is 27.9 Å². The van der Waals surface area contributed by atoms with E-state index in [1.807, 2.05) is 18.2 Å². The van der Waals surface area contributed by atoms with Gasteiger partial charge in [-0.3, -0.25) is 9.78 Å². The topological polar surface area (TPSA) is 39.2 Å². The molecule has 3 nitrogen and oxygen atoms in total. The van der Waals surface area contributed by atoms with E-state index in [1.54, 1.807) is 24.4 Å². The number of ether oxygens (including phenoxy) is 1. The van der Waals surface area contributed by atoms with E-state index in [9.17, 15) is 4.79 Å². The fourth-order valence-corrected chi connectivity index (χ4v) is 3.39. The van der Waals surface area contributed by atoms with Gasteiger partial charge in [0.1, 0.15) is 10.1 Å². The summed E-state index contributed by atoms with van der Waals surface area (Å²) in [4.78, 5) is 16.3. The number of benzene rings is 1. The van der Waals surface area contributed by atoms with Gasteiger partial charge < -0.3 is 4.74 Å². The predicted octanol–water partition coefficient (Wildman–Crippen LogP) is 4.86. The molecule has 0 saturated carbocycles. The number of pyridine rings is 1. The van der Waals surface area contributed by atoms with Crippen molar-refractivity contribution < 1.29 is 9.53 Å². The molecular weight excluding hydrogens is 329 g/mol. The molecule has 3 rings (SSSR count). The van der Waals surface area contributed by atoms with Crippen molar-refractivity contribution in [3.05, 3.63) is 56.8 Å². The second-order valence-corrected chi connectivity index (χ2v) is 6.59. The number of hydrogen-bond donors (Lipinski definition) is 0. The molecule has 21 heavy (non-hydrogen) atoms. The first kappa shape index (κ1) is 14.3. The Kier molecular flexibility index (Phi) is 4.10. The Labute approximate surface area is 135 Å². The molecule has 0 radical (unpaired) electrons. The van der Waals surface area contributed by atoms with Crippen molar-refractivity contribution in [2.75, 3.05) is 6.61 Å². The largest absolute Gasteiger partial charge is 0.485 e. The van der Waals surface area contributed by atoms with Crippen molar-refractivity contribution in [3.8, 4) is 5.75 Å². The molecule has 0 bridgehead atoms. The highest BCUT2D eigenvalue weighted by Gasteiger charge is 2.14. The Morgan fingerprint density at radius 2 is 2.10 bits per heavy atom. The zero-order valence-corrected chi connectivity index (χ0v) is 13.0. The van der Waals surface area contributed by atoms with Crippen molar-refractivity contribution in [1.82, 2.24) is 4.98 Å². The number of ketones is 1. The Morgan fingerprint density at radius 3 is 2.86 bits per heavy atom. The van der Waals surface area contributed by atoms with Gasteiger partial charge >= 0.3 is 0 Å². The van der Waals surface area contributed by atoms with Gasteiger partial charge in [-0.25, -0.2) is 0 Å². The zero-order chi connectivity index (χ0) is 14.8. The number of carbonyl (C=O) groups is 1. The molecule has 0 saturated heterocycles. The number of nitrogens with zero attached hydrogens (tertiary/aromatic N) is 1. The van der Waals surface area contributed by atoms with Crippen LogP contribution in [0.1, 0.15) is 10.4 Å². The summed E-state index contributed by atoms with van der Waals surface area (Å²) in [7, 11) is 0. The average molecular weight is 338 g/mol. The summed E-state index contributed by atoms with van der Waals surface area (Å²) in [6, 6.07) is 10.9. The number of halogens is 2. The van der Waals surface area contributed by atoms with E-state index in [0.717, 1.165) is 10.9 Å². The second kappa shape index (κ2) is 6.02. The van der Waals surface area contributed by atoms with E-state index in [1.165, 1.54) is 11.3 Å². The van der Waals surface area contributed by atoms with Crippen molar-refractivity contribution in [3.63, 3.8) is 0 Å². The minimum atomic E-state index is -0.204. The van der Waals surface area contributed by atoms with Crippen LogP contribution in [0, 0.1) is 0 Å². The van der Waals surface area contributed by atoms with Crippen LogP contribution < -0.4 is 4.74 Å². The summed E-state index contributed by atoms with van der Waals surface area (Å²) in [5, 5.41) is 1.02. The highest BCUT2D eigenvalue weighted by Crippen LogP contribution is 2.31. The van der Waals surface area contributed by atoms with Gasteiger partial charge in [0.25, 0.3) is 0 Å². The molecule has 0 unspecified atom stereocenters. The molecule has 0 aliphatic heterocycles. The third-order valence-corrected chi connectivity index (χ3v) is 4.39. The van der Waals surface area contributed by atoms with Crippen LogP contribution in [0.2, 0.25) is 8.67 Å². The summed E-state index contributed by atoms with van der Waals surface area (Å²) in [6.45, 7) is -0.0921. The lowest BCUT2D eigenvalue weighted by Gasteiger charge is -2.06. The molecule has 0 amide bonds. The van der Waals surface area contributed by atoms with E-state index < -0.39 is 0 Å². The van der Waals surface area contributed by atoms with Crippen LogP contribution in [0.4, 0.5) is 0 Å². The first-order valence-corrected chi connectivity index (χ1v) is 7.66. The SMILES string of the molecule is O=C(COc1ccc2cccnc2c1)c1cc(Cl)sc1Cl. The lowest BCUT2D eigenvalue weighted by atomic mass is 10.2. The normalized spacial score (nSPS) is 10.8. The van der Waals surface area contributed by atoms with Gasteiger partial charge in [-0.2, -0.15) is 0 Å². The lowest BCUT2D eigenvalue weighted by molar-refractivity contribution is 0.0922. The van der Waals surface area contributed by atoms with Crippen molar-refractivity contribution in [2.45, 2.75) is 0 Å². The Hall–Kier alpha value is -1.62. The minimum Gasteiger partial charge on any atom is -0.485 e. The number of carbonyl (C=O) groups excluding carboxylic acids is 1. The highest BCUT2D eigenvalue weighted by atomic mass is 35.5. The first-order valence-electron chi connectivity index (χ1n) is 6.09. The van der Waals surface area contributed by atoms with Gasteiger partial charge in [0.15, 0.2) is 6.61 Å². The molecule has 2 aromatic heterocycles. The van der Waals surface area contributed by atoms with Gasteiger partial charge in [0.2, 0.25) is 5.78 Å². The van der Waals surface area contributed by atoms with Crippen LogP contribution in [0.3, 0.4) is 0 Å². The van der Waals surface area contributed by atoms with Crippen LogP contribution in [0.15, 0.2) is 42.6 Å². The predicted molar refractivity (Wildman–Crippen MR) is 85.9 cm³/mol. The Morgan fingerprint density at radius 1 is 1.24 bits per heavy atom. The molecule has 3 aromatic rings. The number of Topliss-reactive ketones (excluding diaryl/α,β-unsaturated/α-hetero) is 1. The molecule has 0 fully saturated rings. The number of hydrogen-bond acceptors (Lipinski definition) is 4. The molecule has 6 heteroatoms. The maximum Gasteiger partial charge on any atom is 0.202 e. The molecular formula is C15H9Cl2NO2S. The molecule has 2 heterocycles. The molecule has 0 aliphatic carbocycles.